The lowest BCUT2D eigenvalue weighted by molar-refractivity contribution is -0.0302. The van der Waals surface area contributed by atoms with Gasteiger partial charge in [0.2, 0.25) is 0 Å². The molecule has 1 aliphatic heterocycles. The van der Waals surface area contributed by atoms with Crippen LogP contribution < -0.4 is 5.32 Å². The zero-order valence-electron chi connectivity index (χ0n) is 13.3. The molecule has 0 amide bonds. The first-order valence-electron chi connectivity index (χ1n) is 7.81. The van der Waals surface area contributed by atoms with Crippen molar-refractivity contribution in [2.45, 2.75) is 19.3 Å². The largest absolute Gasteiger partial charge is 0.384 e. The molecule has 0 saturated carbocycles. The van der Waals surface area contributed by atoms with E-state index in [0.29, 0.717) is 0 Å². The molecule has 1 N–H and O–H groups in total. The van der Waals surface area contributed by atoms with Crippen molar-refractivity contribution in [1.29, 1.82) is 0 Å². The minimum Gasteiger partial charge on any atom is -0.384 e. The van der Waals surface area contributed by atoms with Crippen LogP contribution in [0.1, 0.15) is 19.3 Å². The van der Waals surface area contributed by atoms with Crippen LogP contribution in [-0.2, 0) is 16.5 Å². The number of aromatic nitrogens is 3. The highest BCUT2D eigenvalue weighted by molar-refractivity contribution is 5.87. The highest BCUT2D eigenvalue weighted by atomic mass is 16.5. The number of anilines is 1. The molecule has 0 aromatic carbocycles. The van der Waals surface area contributed by atoms with Gasteiger partial charge >= 0.3 is 0 Å². The predicted octanol–water partition coefficient (Wildman–Crippen LogP) is 2.21. The number of rotatable bonds is 6. The van der Waals surface area contributed by atoms with E-state index in [1.165, 1.54) is 0 Å². The first kappa shape index (κ1) is 15.2. The van der Waals surface area contributed by atoms with E-state index < -0.39 is 0 Å². The minimum atomic E-state index is 0.220. The van der Waals surface area contributed by atoms with Crippen molar-refractivity contribution >= 4 is 16.7 Å². The SMILES string of the molecule is COCC1(CCNc2nccc3cn(C)nc23)CCOCC1. The molecule has 0 atom stereocenters. The quantitative estimate of drug-likeness (QED) is 0.886. The predicted molar refractivity (Wildman–Crippen MR) is 86.0 cm³/mol. The summed E-state index contributed by atoms with van der Waals surface area (Å²) in [6.45, 7) is 3.32. The molecule has 3 heterocycles. The Morgan fingerprint density at radius 2 is 2.23 bits per heavy atom. The number of fused-ring (bicyclic) bond motifs is 1. The molecular formula is C16H24N4O2. The molecule has 0 aliphatic carbocycles. The maximum Gasteiger partial charge on any atom is 0.154 e. The van der Waals surface area contributed by atoms with E-state index in [2.05, 4.69) is 15.4 Å². The van der Waals surface area contributed by atoms with Gasteiger partial charge in [0, 0.05) is 51.7 Å². The van der Waals surface area contributed by atoms with Gasteiger partial charge in [0.1, 0.15) is 5.52 Å². The molecule has 120 valence electrons. The van der Waals surface area contributed by atoms with E-state index in [0.717, 1.165) is 62.3 Å². The van der Waals surface area contributed by atoms with Crippen molar-refractivity contribution in [1.82, 2.24) is 14.8 Å². The molecule has 0 bridgehead atoms. The van der Waals surface area contributed by atoms with Gasteiger partial charge in [0.15, 0.2) is 5.82 Å². The summed E-state index contributed by atoms with van der Waals surface area (Å²) in [5.74, 6) is 0.859. The highest BCUT2D eigenvalue weighted by Crippen LogP contribution is 2.34. The van der Waals surface area contributed by atoms with Gasteiger partial charge in [-0.15, -0.1) is 0 Å². The van der Waals surface area contributed by atoms with Crippen molar-refractivity contribution < 1.29 is 9.47 Å². The topological polar surface area (TPSA) is 61.2 Å². The number of ether oxygens (including phenoxy) is 2. The summed E-state index contributed by atoms with van der Waals surface area (Å²) >= 11 is 0. The Labute approximate surface area is 130 Å². The summed E-state index contributed by atoms with van der Waals surface area (Å²) in [7, 11) is 3.71. The Morgan fingerprint density at radius 3 is 3.00 bits per heavy atom. The monoisotopic (exact) mass is 304 g/mol. The van der Waals surface area contributed by atoms with Crippen LogP contribution in [0.15, 0.2) is 18.5 Å². The molecule has 2 aromatic heterocycles. The molecule has 6 heteroatoms. The number of nitrogens with one attached hydrogen (secondary N) is 1. The summed E-state index contributed by atoms with van der Waals surface area (Å²) in [4.78, 5) is 4.43. The number of pyridine rings is 1. The first-order valence-corrected chi connectivity index (χ1v) is 7.81. The molecule has 1 saturated heterocycles. The van der Waals surface area contributed by atoms with E-state index >= 15 is 0 Å². The number of hydrogen-bond acceptors (Lipinski definition) is 5. The van der Waals surface area contributed by atoms with Crippen molar-refractivity contribution in [2.75, 3.05) is 38.8 Å². The number of nitrogens with zero attached hydrogens (tertiary/aromatic N) is 3. The second kappa shape index (κ2) is 6.62. The average molecular weight is 304 g/mol. The summed E-state index contributed by atoms with van der Waals surface area (Å²) in [6.07, 6.45) is 7.00. The van der Waals surface area contributed by atoms with E-state index in [1.54, 1.807) is 7.11 Å². The Hall–Kier alpha value is -1.66. The summed E-state index contributed by atoms with van der Waals surface area (Å²) < 4.78 is 12.8. The van der Waals surface area contributed by atoms with Crippen molar-refractivity contribution in [2.24, 2.45) is 12.5 Å². The maximum absolute atomic E-state index is 5.50. The van der Waals surface area contributed by atoms with Crippen LogP contribution in [0, 0.1) is 5.41 Å². The minimum absolute atomic E-state index is 0.220. The molecule has 3 rings (SSSR count). The molecule has 0 spiro atoms. The van der Waals surface area contributed by atoms with Crippen LogP contribution in [-0.4, -0.2) is 48.2 Å². The molecule has 22 heavy (non-hydrogen) atoms. The fourth-order valence-electron chi connectivity index (χ4n) is 3.22. The fourth-order valence-corrected chi connectivity index (χ4v) is 3.22. The van der Waals surface area contributed by atoms with Crippen LogP contribution in [0.25, 0.3) is 10.9 Å². The number of methoxy groups -OCH3 is 1. The molecule has 1 fully saturated rings. The molecule has 1 aliphatic rings. The Morgan fingerprint density at radius 1 is 1.41 bits per heavy atom. The third-order valence-corrected chi connectivity index (χ3v) is 4.49. The third-order valence-electron chi connectivity index (χ3n) is 4.49. The van der Waals surface area contributed by atoms with Crippen molar-refractivity contribution in [3.05, 3.63) is 18.5 Å². The molecular weight excluding hydrogens is 280 g/mol. The zero-order valence-corrected chi connectivity index (χ0v) is 13.3. The van der Waals surface area contributed by atoms with Gasteiger partial charge in [-0.3, -0.25) is 4.68 Å². The van der Waals surface area contributed by atoms with Gasteiger partial charge in [-0.1, -0.05) is 0 Å². The maximum atomic E-state index is 5.50. The molecule has 0 radical (unpaired) electrons. The van der Waals surface area contributed by atoms with E-state index in [4.69, 9.17) is 9.47 Å². The van der Waals surface area contributed by atoms with Gasteiger partial charge in [0.05, 0.1) is 6.61 Å². The standard InChI is InChI=1S/C16H24N4O2/c1-20-11-13-3-7-17-15(14(13)19-20)18-8-4-16(12-21-2)5-9-22-10-6-16/h3,7,11H,4-6,8-10,12H2,1-2H3,(H,17,18). The molecule has 0 unspecified atom stereocenters. The Kier molecular flexibility index (Phi) is 4.59. The lowest BCUT2D eigenvalue weighted by Gasteiger charge is -2.36. The van der Waals surface area contributed by atoms with E-state index in [1.807, 2.05) is 30.2 Å². The van der Waals surface area contributed by atoms with Crippen LogP contribution >= 0.6 is 0 Å². The lowest BCUT2D eigenvalue weighted by Crippen LogP contribution is -2.35. The van der Waals surface area contributed by atoms with Crippen molar-refractivity contribution in [3.8, 4) is 0 Å². The van der Waals surface area contributed by atoms with Crippen LogP contribution in [0.3, 0.4) is 0 Å². The number of aryl methyl sites for hydroxylation is 1. The van der Waals surface area contributed by atoms with Gasteiger partial charge < -0.3 is 14.8 Å². The van der Waals surface area contributed by atoms with Gasteiger partial charge in [-0.2, -0.15) is 5.10 Å². The average Bonchev–Trinajstić information content (AvgIpc) is 2.90. The van der Waals surface area contributed by atoms with Gasteiger partial charge in [0.25, 0.3) is 0 Å². The summed E-state index contributed by atoms with van der Waals surface area (Å²) in [5, 5.41) is 9.04. The van der Waals surface area contributed by atoms with Crippen LogP contribution in [0.2, 0.25) is 0 Å². The smallest absolute Gasteiger partial charge is 0.154 e. The fraction of sp³-hybridized carbons (Fsp3) is 0.625. The Balaban J connectivity index is 1.65. The Bertz CT molecular complexity index is 614. The highest BCUT2D eigenvalue weighted by Gasteiger charge is 2.32. The summed E-state index contributed by atoms with van der Waals surface area (Å²) in [6, 6.07) is 1.98. The van der Waals surface area contributed by atoms with Gasteiger partial charge in [-0.25, -0.2) is 4.98 Å². The lowest BCUT2D eigenvalue weighted by atomic mass is 9.78. The van der Waals surface area contributed by atoms with E-state index in [-0.39, 0.29) is 5.41 Å². The third kappa shape index (κ3) is 3.23. The van der Waals surface area contributed by atoms with Gasteiger partial charge in [-0.05, 0) is 30.7 Å². The first-order chi connectivity index (χ1) is 10.7. The summed E-state index contributed by atoms with van der Waals surface area (Å²) in [5.41, 5.74) is 1.15. The second-order valence-electron chi connectivity index (χ2n) is 6.12. The van der Waals surface area contributed by atoms with E-state index in [9.17, 15) is 0 Å². The molecule has 2 aromatic rings. The van der Waals surface area contributed by atoms with Crippen LogP contribution in [0.5, 0.6) is 0 Å². The molecule has 6 nitrogen and oxygen atoms in total. The van der Waals surface area contributed by atoms with Crippen molar-refractivity contribution in [3.63, 3.8) is 0 Å². The van der Waals surface area contributed by atoms with Crippen LogP contribution in [0.4, 0.5) is 5.82 Å². The second-order valence-corrected chi connectivity index (χ2v) is 6.12. The number of hydrogen-bond donors (Lipinski definition) is 1. The zero-order chi connectivity index (χ0) is 15.4. The normalized spacial score (nSPS) is 17.7.